The van der Waals surface area contributed by atoms with Crippen molar-refractivity contribution in [3.05, 3.63) is 23.3 Å². The summed E-state index contributed by atoms with van der Waals surface area (Å²) in [4.78, 5) is 4.53. The van der Waals surface area contributed by atoms with Gasteiger partial charge in [-0.2, -0.15) is 0 Å². The Kier molecular flexibility index (Phi) is 9.10. The van der Waals surface area contributed by atoms with E-state index in [-0.39, 0.29) is 0 Å². The summed E-state index contributed by atoms with van der Waals surface area (Å²) >= 11 is 0. The highest BCUT2D eigenvalue weighted by molar-refractivity contribution is 5.02. The maximum absolute atomic E-state index is 2.33. The fourth-order valence-electron chi connectivity index (χ4n) is 1.42. The van der Waals surface area contributed by atoms with Crippen molar-refractivity contribution < 1.29 is 0 Å². The van der Waals surface area contributed by atoms with Crippen molar-refractivity contribution in [1.82, 2.24) is 9.80 Å². The smallest absolute Gasteiger partial charge is 0.0162 e. The molecule has 17 heavy (non-hydrogen) atoms. The summed E-state index contributed by atoms with van der Waals surface area (Å²) in [6.07, 6.45) is 6.92. The van der Waals surface area contributed by atoms with Crippen LogP contribution in [0.25, 0.3) is 0 Å². The topological polar surface area (TPSA) is 6.48 Å². The van der Waals surface area contributed by atoms with Crippen LogP contribution >= 0.6 is 0 Å². The predicted molar refractivity (Wildman–Crippen MR) is 78.5 cm³/mol. The Labute approximate surface area is 108 Å². The summed E-state index contributed by atoms with van der Waals surface area (Å²) < 4.78 is 0. The third kappa shape index (κ3) is 10.3. The predicted octanol–water partition coefficient (Wildman–Crippen LogP) is 3.17. The first-order valence-electron chi connectivity index (χ1n) is 6.56. The molecule has 1 aliphatic heterocycles. The fraction of sp³-hybridized carbons (Fsp3) is 0.733. The van der Waals surface area contributed by atoms with E-state index < -0.39 is 0 Å². The number of allylic oxidation sites excluding steroid dienone is 1. The van der Waals surface area contributed by atoms with Gasteiger partial charge in [-0.25, -0.2) is 0 Å². The molecular weight excluding hydrogens is 208 g/mol. The maximum atomic E-state index is 2.33. The molecule has 1 aliphatic rings. The molecular formula is C15H30N2. The van der Waals surface area contributed by atoms with Crippen molar-refractivity contribution in [2.75, 3.05) is 40.8 Å². The second-order valence-corrected chi connectivity index (χ2v) is 5.25. The Morgan fingerprint density at radius 2 is 2.12 bits per heavy atom. The summed E-state index contributed by atoms with van der Waals surface area (Å²) in [6, 6.07) is 0. The van der Waals surface area contributed by atoms with Crippen LogP contribution in [-0.2, 0) is 0 Å². The lowest BCUT2D eigenvalue weighted by atomic mass is 10.1. The van der Waals surface area contributed by atoms with Gasteiger partial charge in [0.1, 0.15) is 0 Å². The number of hydrogen-bond donors (Lipinski definition) is 0. The summed E-state index contributed by atoms with van der Waals surface area (Å²) in [7, 11) is 6.36. The lowest BCUT2D eigenvalue weighted by molar-refractivity contribution is 0.359. The minimum Gasteiger partial charge on any atom is -0.309 e. The molecule has 0 unspecified atom stereocenters. The maximum Gasteiger partial charge on any atom is 0.0162 e. The van der Waals surface area contributed by atoms with Gasteiger partial charge in [0, 0.05) is 19.6 Å². The molecule has 0 aromatic carbocycles. The molecule has 0 bridgehead atoms. The van der Waals surface area contributed by atoms with E-state index in [2.05, 4.69) is 63.9 Å². The zero-order valence-corrected chi connectivity index (χ0v) is 12.6. The van der Waals surface area contributed by atoms with Crippen LogP contribution in [0.4, 0.5) is 0 Å². The molecule has 0 aliphatic carbocycles. The second-order valence-electron chi connectivity index (χ2n) is 5.25. The molecule has 1 heterocycles. The molecule has 1 rings (SSSR count). The molecule has 100 valence electrons. The van der Waals surface area contributed by atoms with Gasteiger partial charge in [-0.15, -0.1) is 0 Å². The third-order valence-electron chi connectivity index (χ3n) is 3.09. The summed E-state index contributed by atoms with van der Waals surface area (Å²) in [5, 5.41) is 0. The number of likely N-dealkylation sites (N-methyl/N-ethyl adjacent to an activating group) is 1. The van der Waals surface area contributed by atoms with E-state index in [0.29, 0.717) is 0 Å². The van der Waals surface area contributed by atoms with Crippen molar-refractivity contribution in [3.8, 4) is 0 Å². The van der Waals surface area contributed by atoms with E-state index in [9.17, 15) is 0 Å². The Bertz CT molecular complexity index is 252. The summed E-state index contributed by atoms with van der Waals surface area (Å²) in [6.45, 7) is 10.0. The van der Waals surface area contributed by atoms with E-state index in [1.807, 2.05) is 0 Å². The molecule has 0 saturated carbocycles. The van der Waals surface area contributed by atoms with Gasteiger partial charge >= 0.3 is 0 Å². The minimum atomic E-state index is 1.14. The molecule has 0 aromatic rings. The molecule has 0 spiro atoms. The normalized spacial score (nSPS) is 17.6. The first-order chi connectivity index (χ1) is 7.95. The SMILES string of the molecule is C/C=C(/C)CCN(C)C.CC1=CCN(C)CC1. The van der Waals surface area contributed by atoms with Gasteiger partial charge in [-0.05, 0) is 54.8 Å². The first kappa shape index (κ1) is 16.4. The number of nitrogens with zero attached hydrogens (tertiary/aromatic N) is 2. The fourth-order valence-corrected chi connectivity index (χ4v) is 1.42. The van der Waals surface area contributed by atoms with E-state index in [1.165, 1.54) is 25.0 Å². The molecule has 2 nitrogen and oxygen atoms in total. The lowest BCUT2D eigenvalue weighted by Crippen LogP contribution is -2.23. The van der Waals surface area contributed by atoms with Crippen molar-refractivity contribution in [1.29, 1.82) is 0 Å². The van der Waals surface area contributed by atoms with Gasteiger partial charge < -0.3 is 9.80 Å². The Morgan fingerprint density at radius 1 is 1.47 bits per heavy atom. The first-order valence-corrected chi connectivity index (χ1v) is 6.56. The van der Waals surface area contributed by atoms with Crippen LogP contribution in [-0.4, -0.2) is 50.6 Å². The lowest BCUT2D eigenvalue weighted by Gasteiger charge is -2.19. The summed E-state index contributed by atoms with van der Waals surface area (Å²) in [5.41, 5.74) is 3.02. The largest absolute Gasteiger partial charge is 0.309 e. The third-order valence-corrected chi connectivity index (χ3v) is 3.09. The molecule has 0 radical (unpaired) electrons. The molecule has 0 saturated heterocycles. The van der Waals surface area contributed by atoms with E-state index in [1.54, 1.807) is 5.57 Å². The van der Waals surface area contributed by atoms with Crippen molar-refractivity contribution in [2.45, 2.75) is 33.6 Å². The molecule has 0 aromatic heterocycles. The van der Waals surface area contributed by atoms with Crippen molar-refractivity contribution in [2.24, 2.45) is 0 Å². The highest BCUT2D eigenvalue weighted by Gasteiger charge is 2.01. The number of rotatable bonds is 3. The van der Waals surface area contributed by atoms with Gasteiger partial charge in [0.15, 0.2) is 0 Å². The highest BCUT2D eigenvalue weighted by atomic mass is 15.1. The molecule has 0 N–H and O–H groups in total. The van der Waals surface area contributed by atoms with E-state index in [0.717, 1.165) is 13.1 Å². The van der Waals surface area contributed by atoms with Gasteiger partial charge in [-0.3, -0.25) is 0 Å². The van der Waals surface area contributed by atoms with Crippen LogP contribution in [0.3, 0.4) is 0 Å². The molecule has 0 amide bonds. The zero-order valence-electron chi connectivity index (χ0n) is 12.6. The van der Waals surface area contributed by atoms with Crippen LogP contribution in [0.5, 0.6) is 0 Å². The second kappa shape index (κ2) is 9.43. The minimum absolute atomic E-state index is 1.14. The average Bonchev–Trinajstić information content (AvgIpc) is 2.30. The number of hydrogen-bond acceptors (Lipinski definition) is 2. The van der Waals surface area contributed by atoms with Gasteiger partial charge in [-0.1, -0.05) is 23.3 Å². The molecule has 0 fully saturated rings. The standard InChI is InChI=1S/C8H17N.C7H13N/c1-5-8(2)6-7-9(3)4;1-7-3-5-8(2)6-4-7/h5H,6-7H2,1-4H3;3H,4-6H2,1-2H3/b8-5-;. The quantitative estimate of drug-likeness (QED) is 0.697. The van der Waals surface area contributed by atoms with Crippen LogP contribution in [0.15, 0.2) is 23.3 Å². The monoisotopic (exact) mass is 238 g/mol. The molecule has 0 atom stereocenters. The Balaban J connectivity index is 0.000000302. The van der Waals surface area contributed by atoms with E-state index in [4.69, 9.17) is 0 Å². The van der Waals surface area contributed by atoms with Crippen LogP contribution in [0.1, 0.15) is 33.6 Å². The van der Waals surface area contributed by atoms with Gasteiger partial charge in [0.2, 0.25) is 0 Å². The van der Waals surface area contributed by atoms with Crippen molar-refractivity contribution >= 4 is 0 Å². The highest BCUT2D eigenvalue weighted by Crippen LogP contribution is 2.06. The summed E-state index contributed by atoms with van der Waals surface area (Å²) in [5.74, 6) is 0. The zero-order chi connectivity index (χ0) is 13.3. The van der Waals surface area contributed by atoms with Crippen LogP contribution in [0.2, 0.25) is 0 Å². The van der Waals surface area contributed by atoms with Crippen LogP contribution in [0, 0.1) is 0 Å². The Morgan fingerprint density at radius 3 is 2.47 bits per heavy atom. The van der Waals surface area contributed by atoms with Gasteiger partial charge in [0.25, 0.3) is 0 Å². The Hall–Kier alpha value is -0.600. The molecule has 2 heteroatoms. The van der Waals surface area contributed by atoms with Crippen LogP contribution < -0.4 is 0 Å². The van der Waals surface area contributed by atoms with E-state index >= 15 is 0 Å². The average molecular weight is 238 g/mol. The van der Waals surface area contributed by atoms with Crippen molar-refractivity contribution in [3.63, 3.8) is 0 Å². The van der Waals surface area contributed by atoms with Gasteiger partial charge in [0.05, 0.1) is 0 Å².